The number of thioether (sulfide) groups is 1. The van der Waals surface area contributed by atoms with Gasteiger partial charge >= 0.3 is 0 Å². The highest BCUT2D eigenvalue weighted by atomic mass is 32.2. The van der Waals surface area contributed by atoms with Gasteiger partial charge in [0.25, 0.3) is 0 Å². The molecule has 0 unspecified atom stereocenters. The third kappa shape index (κ3) is 4.40. The van der Waals surface area contributed by atoms with Crippen LogP contribution < -0.4 is 4.74 Å². The molecule has 124 valence electrons. The molecule has 0 aliphatic heterocycles. The third-order valence-corrected chi connectivity index (χ3v) is 6.22. The van der Waals surface area contributed by atoms with Gasteiger partial charge < -0.3 is 14.6 Å². The van der Waals surface area contributed by atoms with Gasteiger partial charge in [-0.1, -0.05) is 26.2 Å². The number of hydrogen-bond acceptors (Lipinski definition) is 4. The minimum absolute atomic E-state index is 0.154. The molecule has 1 fully saturated rings. The van der Waals surface area contributed by atoms with E-state index in [1.165, 1.54) is 11.3 Å². The molecule has 2 rings (SSSR count). The van der Waals surface area contributed by atoms with E-state index in [0.717, 1.165) is 31.4 Å². The Morgan fingerprint density at radius 3 is 2.32 bits per heavy atom. The first-order chi connectivity index (χ1) is 10.6. The third-order valence-electron chi connectivity index (χ3n) is 4.52. The van der Waals surface area contributed by atoms with Crippen LogP contribution >= 0.6 is 11.8 Å². The van der Waals surface area contributed by atoms with Crippen molar-refractivity contribution in [3.05, 3.63) is 24.3 Å². The van der Waals surface area contributed by atoms with Crippen LogP contribution in [0.4, 0.5) is 0 Å². The molecule has 0 heterocycles. The van der Waals surface area contributed by atoms with Crippen molar-refractivity contribution in [2.45, 2.75) is 54.8 Å². The van der Waals surface area contributed by atoms with Crippen LogP contribution in [0.25, 0.3) is 0 Å². The van der Waals surface area contributed by atoms with Crippen LogP contribution in [0.1, 0.15) is 39.0 Å². The van der Waals surface area contributed by atoms with Crippen LogP contribution in [-0.2, 0) is 4.74 Å². The molecular formula is C18H28O3S. The normalized spacial score (nSPS) is 20.4. The summed E-state index contributed by atoms with van der Waals surface area (Å²) in [6.07, 6.45) is 5.27. The molecule has 0 spiro atoms. The Labute approximate surface area is 138 Å². The molecule has 4 heteroatoms. The van der Waals surface area contributed by atoms with Gasteiger partial charge in [-0.25, -0.2) is 0 Å². The van der Waals surface area contributed by atoms with Gasteiger partial charge in [0, 0.05) is 23.9 Å². The predicted octanol–water partition coefficient (Wildman–Crippen LogP) is 4.13. The topological polar surface area (TPSA) is 38.7 Å². The van der Waals surface area contributed by atoms with Crippen LogP contribution in [0, 0.1) is 5.92 Å². The Hall–Kier alpha value is -0.710. The van der Waals surface area contributed by atoms with Crippen LogP contribution in [-0.4, -0.2) is 36.8 Å². The molecular weight excluding hydrogens is 296 g/mol. The lowest BCUT2D eigenvalue weighted by Gasteiger charge is -2.41. The Morgan fingerprint density at radius 2 is 1.77 bits per heavy atom. The molecule has 0 amide bonds. The first-order valence-electron chi connectivity index (χ1n) is 8.11. The minimum Gasteiger partial charge on any atom is -0.497 e. The molecule has 1 aromatic carbocycles. The fourth-order valence-electron chi connectivity index (χ4n) is 3.36. The van der Waals surface area contributed by atoms with E-state index in [-0.39, 0.29) is 5.25 Å². The molecule has 0 aromatic heterocycles. The van der Waals surface area contributed by atoms with Crippen LogP contribution in [0.15, 0.2) is 29.2 Å². The van der Waals surface area contributed by atoms with E-state index in [4.69, 9.17) is 9.47 Å². The number of methoxy groups -OCH3 is 2. The summed E-state index contributed by atoms with van der Waals surface area (Å²) in [6, 6.07) is 8.10. The van der Waals surface area contributed by atoms with Crippen LogP contribution in [0.5, 0.6) is 5.75 Å². The van der Waals surface area contributed by atoms with Gasteiger partial charge in [-0.15, -0.1) is 11.8 Å². The van der Waals surface area contributed by atoms with Crippen molar-refractivity contribution in [2.75, 3.05) is 20.8 Å². The van der Waals surface area contributed by atoms with Crippen molar-refractivity contribution in [1.29, 1.82) is 0 Å². The molecule has 2 atom stereocenters. The first-order valence-corrected chi connectivity index (χ1v) is 8.99. The van der Waals surface area contributed by atoms with E-state index in [2.05, 4.69) is 19.1 Å². The lowest BCUT2D eigenvalue weighted by Crippen LogP contribution is -2.46. The summed E-state index contributed by atoms with van der Waals surface area (Å²) >= 11 is 1.78. The minimum atomic E-state index is -0.583. The fraction of sp³-hybridized carbons (Fsp3) is 0.667. The van der Waals surface area contributed by atoms with Crippen molar-refractivity contribution >= 4 is 11.8 Å². The lowest BCUT2D eigenvalue weighted by atomic mass is 9.78. The largest absolute Gasteiger partial charge is 0.497 e. The van der Waals surface area contributed by atoms with Gasteiger partial charge in [0.15, 0.2) is 0 Å². The standard InChI is InChI=1S/C18H28O3S/c1-14(13-20-2)17(18(19)11-5-4-6-12-18)22-16-9-7-15(21-3)8-10-16/h7-10,14,17,19H,4-6,11-13H2,1-3H3/t14-,17-/m1/s1. The SMILES string of the molecule is COC[C@@H](C)[C@@H](Sc1ccc(OC)cc1)C1(O)CCCCC1. The Kier molecular flexibility index (Phi) is 6.60. The molecule has 1 aromatic rings. The van der Waals surface area contributed by atoms with Gasteiger partial charge in [-0.2, -0.15) is 0 Å². The predicted molar refractivity (Wildman–Crippen MR) is 91.7 cm³/mol. The van der Waals surface area contributed by atoms with Gasteiger partial charge in [-0.05, 0) is 43.0 Å². The number of ether oxygens (including phenoxy) is 2. The summed E-state index contributed by atoms with van der Waals surface area (Å²) in [5.41, 5.74) is -0.583. The maximum atomic E-state index is 11.2. The molecule has 1 aliphatic rings. The van der Waals surface area contributed by atoms with Crippen molar-refractivity contribution in [3.8, 4) is 5.75 Å². The summed E-state index contributed by atoms with van der Waals surface area (Å²) in [5, 5.41) is 11.3. The van der Waals surface area contributed by atoms with Crippen molar-refractivity contribution in [3.63, 3.8) is 0 Å². The van der Waals surface area contributed by atoms with Crippen LogP contribution in [0.3, 0.4) is 0 Å². The van der Waals surface area contributed by atoms with Gasteiger partial charge in [-0.3, -0.25) is 0 Å². The molecule has 3 nitrogen and oxygen atoms in total. The highest BCUT2D eigenvalue weighted by molar-refractivity contribution is 8.00. The number of aliphatic hydroxyl groups is 1. The van der Waals surface area contributed by atoms with E-state index in [9.17, 15) is 5.11 Å². The van der Waals surface area contributed by atoms with E-state index >= 15 is 0 Å². The highest BCUT2D eigenvalue weighted by Gasteiger charge is 2.41. The quantitative estimate of drug-likeness (QED) is 0.765. The maximum absolute atomic E-state index is 11.2. The number of rotatable bonds is 7. The van der Waals surface area contributed by atoms with Gasteiger partial charge in [0.1, 0.15) is 5.75 Å². The zero-order valence-corrected chi connectivity index (χ0v) is 14.7. The average Bonchev–Trinajstić information content (AvgIpc) is 2.54. The summed E-state index contributed by atoms with van der Waals surface area (Å²) in [5.74, 6) is 1.17. The van der Waals surface area contributed by atoms with Crippen molar-refractivity contribution in [2.24, 2.45) is 5.92 Å². The van der Waals surface area contributed by atoms with Gasteiger partial charge in [0.2, 0.25) is 0 Å². The maximum Gasteiger partial charge on any atom is 0.118 e. The van der Waals surface area contributed by atoms with Crippen molar-refractivity contribution in [1.82, 2.24) is 0 Å². The molecule has 0 radical (unpaired) electrons. The summed E-state index contributed by atoms with van der Waals surface area (Å²) in [7, 11) is 3.41. The summed E-state index contributed by atoms with van der Waals surface area (Å²) < 4.78 is 10.6. The zero-order valence-electron chi connectivity index (χ0n) is 13.9. The monoisotopic (exact) mass is 324 g/mol. The van der Waals surface area contributed by atoms with Crippen molar-refractivity contribution < 1.29 is 14.6 Å². The summed E-state index contributed by atoms with van der Waals surface area (Å²) in [6.45, 7) is 2.85. The zero-order chi connectivity index (χ0) is 16.0. The van der Waals surface area contributed by atoms with Crippen LogP contribution in [0.2, 0.25) is 0 Å². The fourth-order valence-corrected chi connectivity index (χ4v) is 4.71. The van der Waals surface area contributed by atoms with Gasteiger partial charge in [0.05, 0.1) is 12.7 Å². The van der Waals surface area contributed by atoms with E-state index in [1.54, 1.807) is 26.0 Å². The molecule has 1 aliphatic carbocycles. The molecule has 22 heavy (non-hydrogen) atoms. The Balaban J connectivity index is 2.15. The van der Waals surface area contributed by atoms with E-state index in [0.29, 0.717) is 12.5 Å². The lowest BCUT2D eigenvalue weighted by molar-refractivity contribution is -0.0176. The second kappa shape index (κ2) is 8.23. The second-order valence-corrected chi connectivity index (χ2v) is 7.53. The number of benzene rings is 1. The van der Waals surface area contributed by atoms with E-state index < -0.39 is 5.60 Å². The molecule has 0 saturated heterocycles. The first kappa shape index (κ1) is 17.6. The average molecular weight is 324 g/mol. The molecule has 1 N–H and O–H groups in total. The Bertz CT molecular complexity index is 440. The highest BCUT2D eigenvalue weighted by Crippen LogP contribution is 2.43. The number of hydrogen-bond donors (Lipinski definition) is 1. The smallest absolute Gasteiger partial charge is 0.118 e. The molecule has 0 bridgehead atoms. The molecule has 1 saturated carbocycles. The second-order valence-electron chi connectivity index (χ2n) is 6.31. The van der Waals surface area contributed by atoms with E-state index in [1.807, 2.05) is 12.1 Å². The Morgan fingerprint density at radius 1 is 1.14 bits per heavy atom. The summed E-state index contributed by atoms with van der Waals surface area (Å²) in [4.78, 5) is 1.17.